The van der Waals surface area contributed by atoms with E-state index in [9.17, 15) is 14.7 Å². The van der Waals surface area contributed by atoms with Gasteiger partial charge in [0.2, 0.25) is 0 Å². The van der Waals surface area contributed by atoms with Gasteiger partial charge < -0.3 is 19.3 Å². The summed E-state index contributed by atoms with van der Waals surface area (Å²) in [4.78, 5) is 23.3. The molecule has 2 aromatic carbocycles. The number of hydrogen-bond acceptors (Lipinski definition) is 6. The van der Waals surface area contributed by atoms with E-state index in [-0.39, 0.29) is 17.1 Å². The van der Waals surface area contributed by atoms with Crippen molar-refractivity contribution in [3.05, 3.63) is 53.6 Å². The van der Waals surface area contributed by atoms with Gasteiger partial charge in [-0.3, -0.25) is 9.59 Å². The maximum absolute atomic E-state index is 12.4. The van der Waals surface area contributed by atoms with Gasteiger partial charge in [-0.2, -0.15) is 0 Å². The third kappa shape index (κ3) is 4.60. The zero-order valence-corrected chi connectivity index (χ0v) is 14.1. The molecule has 25 heavy (non-hydrogen) atoms. The molecule has 0 aromatic heterocycles. The van der Waals surface area contributed by atoms with Crippen LogP contribution in [-0.2, 0) is 4.79 Å². The number of aromatic hydroxyl groups is 1. The fourth-order valence-corrected chi connectivity index (χ4v) is 2.17. The number of carbonyl (C=O) groups is 2. The number of ketones is 1. The zero-order chi connectivity index (χ0) is 18.4. The highest BCUT2D eigenvalue weighted by Crippen LogP contribution is 2.33. The normalized spacial score (nSPS) is 10.5. The zero-order valence-electron chi connectivity index (χ0n) is 14.1. The summed E-state index contributed by atoms with van der Waals surface area (Å²) in [5, 5.41) is 10.1. The molecular formula is C19H18O6. The predicted octanol–water partition coefficient (Wildman–Crippen LogP) is 3.23. The van der Waals surface area contributed by atoms with Crippen molar-refractivity contribution in [3.63, 3.8) is 0 Å². The summed E-state index contributed by atoms with van der Waals surface area (Å²) in [5.74, 6) is -0.0178. The maximum Gasteiger partial charge on any atom is 0.308 e. The molecule has 0 bridgehead atoms. The third-order valence-corrected chi connectivity index (χ3v) is 3.33. The molecule has 1 N–H and O–H groups in total. The molecule has 6 heteroatoms. The quantitative estimate of drug-likeness (QED) is 0.376. The number of carbonyl (C=O) groups excluding carboxylic acids is 2. The molecule has 0 heterocycles. The highest BCUT2D eigenvalue weighted by molar-refractivity contribution is 6.10. The summed E-state index contributed by atoms with van der Waals surface area (Å²) in [6.45, 7) is 1.32. The van der Waals surface area contributed by atoms with Crippen molar-refractivity contribution < 1.29 is 28.9 Å². The number of ether oxygens (including phenoxy) is 3. The van der Waals surface area contributed by atoms with Gasteiger partial charge in [-0.25, -0.2) is 0 Å². The number of rotatable bonds is 6. The van der Waals surface area contributed by atoms with Crippen LogP contribution in [0.15, 0.2) is 42.5 Å². The van der Waals surface area contributed by atoms with E-state index in [2.05, 4.69) is 0 Å². The van der Waals surface area contributed by atoms with E-state index >= 15 is 0 Å². The smallest absolute Gasteiger partial charge is 0.308 e. The summed E-state index contributed by atoms with van der Waals surface area (Å²) in [7, 11) is 2.86. The topological polar surface area (TPSA) is 82.1 Å². The lowest BCUT2D eigenvalue weighted by Gasteiger charge is -2.10. The second-order valence-corrected chi connectivity index (χ2v) is 5.08. The fraction of sp³-hybridized carbons (Fsp3) is 0.158. The number of hydrogen-bond donors (Lipinski definition) is 1. The Bertz CT molecular complexity index is 805. The molecule has 2 rings (SSSR count). The van der Waals surface area contributed by atoms with Crippen LogP contribution in [0.4, 0.5) is 0 Å². The average molecular weight is 342 g/mol. The minimum atomic E-state index is -0.416. The van der Waals surface area contributed by atoms with Gasteiger partial charge in [0.05, 0.1) is 14.2 Å². The lowest BCUT2D eigenvalue weighted by atomic mass is 10.1. The van der Waals surface area contributed by atoms with Crippen molar-refractivity contribution in [2.24, 2.45) is 0 Å². The summed E-state index contributed by atoms with van der Waals surface area (Å²) in [6.07, 6.45) is 2.91. The number of esters is 1. The van der Waals surface area contributed by atoms with Crippen molar-refractivity contribution in [2.45, 2.75) is 6.92 Å². The Kier molecular flexibility index (Phi) is 5.79. The first-order valence-electron chi connectivity index (χ1n) is 7.40. The first-order chi connectivity index (χ1) is 11.9. The van der Waals surface area contributed by atoms with Gasteiger partial charge in [-0.1, -0.05) is 18.2 Å². The van der Waals surface area contributed by atoms with Gasteiger partial charge in [-0.05, 0) is 23.8 Å². The van der Waals surface area contributed by atoms with Gasteiger partial charge in [0.15, 0.2) is 5.78 Å². The van der Waals surface area contributed by atoms with Crippen molar-refractivity contribution >= 4 is 17.8 Å². The van der Waals surface area contributed by atoms with Crippen LogP contribution in [0.3, 0.4) is 0 Å². The van der Waals surface area contributed by atoms with Crippen LogP contribution in [-0.4, -0.2) is 31.1 Å². The minimum absolute atomic E-state index is 0.0519. The molecule has 2 aromatic rings. The second-order valence-electron chi connectivity index (χ2n) is 5.08. The molecule has 0 radical (unpaired) electrons. The largest absolute Gasteiger partial charge is 0.507 e. The van der Waals surface area contributed by atoms with Gasteiger partial charge in [0.25, 0.3) is 0 Å². The van der Waals surface area contributed by atoms with Crippen molar-refractivity contribution in [1.29, 1.82) is 0 Å². The van der Waals surface area contributed by atoms with Crippen molar-refractivity contribution in [1.82, 2.24) is 0 Å². The molecule has 6 nitrogen and oxygen atoms in total. The summed E-state index contributed by atoms with van der Waals surface area (Å²) in [5.41, 5.74) is 0.785. The van der Waals surface area contributed by atoms with Crippen LogP contribution < -0.4 is 14.2 Å². The highest BCUT2D eigenvalue weighted by atomic mass is 16.5. The van der Waals surface area contributed by atoms with Crippen molar-refractivity contribution in [3.8, 4) is 23.0 Å². The van der Waals surface area contributed by atoms with Crippen LogP contribution in [0.2, 0.25) is 0 Å². The lowest BCUT2D eigenvalue weighted by molar-refractivity contribution is -0.131. The molecule has 0 saturated heterocycles. The molecule has 0 atom stereocenters. The van der Waals surface area contributed by atoms with Gasteiger partial charge in [0, 0.05) is 19.1 Å². The fourth-order valence-electron chi connectivity index (χ4n) is 2.17. The summed E-state index contributed by atoms with van der Waals surface area (Å²) < 4.78 is 15.1. The molecule has 0 aliphatic heterocycles. The van der Waals surface area contributed by atoms with Gasteiger partial charge in [-0.15, -0.1) is 0 Å². The Balaban J connectivity index is 2.21. The molecule has 0 unspecified atom stereocenters. The Morgan fingerprint density at radius 2 is 1.68 bits per heavy atom. The van der Waals surface area contributed by atoms with Crippen LogP contribution in [0.5, 0.6) is 23.0 Å². The number of phenols is 1. The van der Waals surface area contributed by atoms with Crippen LogP contribution in [0.25, 0.3) is 6.08 Å². The maximum atomic E-state index is 12.4. The molecule has 0 fully saturated rings. The lowest BCUT2D eigenvalue weighted by Crippen LogP contribution is -2.01. The molecular weight excluding hydrogens is 324 g/mol. The third-order valence-electron chi connectivity index (χ3n) is 3.33. The first kappa shape index (κ1) is 18.1. The minimum Gasteiger partial charge on any atom is -0.507 e. The van der Waals surface area contributed by atoms with E-state index < -0.39 is 11.8 Å². The number of allylic oxidation sites excluding steroid dienone is 1. The monoisotopic (exact) mass is 342 g/mol. The van der Waals surface area contributed by atoms with E-state index in [0.717, 1.165) is 5.56 Å². The van der Waals surface area contributed by atoms with E-state index in [1.165, 1.54) is 39.4 Å². The summed E-state index contributed by atoms with van der Waals surface area (Å²) >= 11 is 0. The number of methoxy groups -OCH3 is 2. The Morgan fingerprint density at radius 1 is 1.00 bits per heavy atom. The van der Waals surface area contributed by atoms with E-state index in [4.69, 9.17) is 14.2 Å². The van der Waals surface area contributed by atoms with E-state index in [1.54, 1.807) is 30.3 Å². The number of benzene rings is 2. The Morgan fingerprint density at radius 3 is 2.24 bits per heavy atom. The Hall–Kier alpha value is -3.28. The Labute approximate surface area is 145 Å². The van der Waals surface area contributed by atoms with Crippen LogP contribution >= 0.6 is 0 Å². The molecule has 0 saturated carbocycles. The average Bonchev–Trinajstić information content (AvgIpc) is 2.59. The second kappa shape index (κ2) is 8.01. The predicted molar refractivity (Wildman–Crippen MR) is 92.3 cm³/mol. The van der Waals surface area contributed by atoms with Gasteiger partial charge >= 0.3 is 5.97 Å². The molecule has 0 spiro atoms. The summed E-state index contributed by atoms with van der Waals surface area (Å²) in [6, 6.07) is 9.51. The van der Waals surface area contributed by atoms with E-state index in [1.807, 2.05) is 0 Å². The number of phenolic OH excluding ortho intramolecular Hbond substituents is 1. The molecule has 0 aliphatic carbocycles. The van der Waals surface area contributed by atoms with Crippen molar-refractivity contribution in [2.75, 3.05) is 14.2 Å². The van der Waals surface area contributed by atoms with E-state index in [0.29, 0.717) is 11.5 Å². The van der Waals surface area contributed by atoms with Gasteiger partial charge in [0.1, 0.15) is 28.6 Å². The highest BCUT2D eigenvalue weighted by Gasteiger charge is 2.17. The molecule has 0 amide bonds. The SMILES string of the molecule is COc1cc(O)c(C(=O)/C=C/c2ccc(OC(C)=O)cc2)c(OC)c1. The van der Waals surface area contributed by atoms with Crippen LogP contribution in [0.1, 0.15) is 22.8 Å². The first-order valence-corrected chi connectivity index (χ1v) is 7.40. The standard InChI is InChI=1S/C19H18O6/c1-12(20)25-14-7-4-13(5-8-14)6-9-16(21)19-17(22)10-15(23-2)11-18(19)24-3/h4-11,22H,1-3H3/b9-6+. The molecule has 0 aliphatic rings. The van der Waals surface area contributed by atoms with Crippen LogP contribution in [0, 0.1) is 0 Å². The molecule has 130 valence electrons.